The number of rotatable bonds is 2. The quantitative estimate of drug-likeness (QED) is 0.832. The van der Waals surface area contributed by atoms with E-state index >= 15 is 0 Å². The van der Waals surface area contributed by atoms with Crippen LogP contribution in [0.4, 0.5) is 5.69 Å². The topological polar surface area (TPSA) is 32.3 Å². The Morgan fingerprint density at radius 2 is 1.75 bits per heavy atom. The molecule has 0 aliphatic carbocycles. The van der Waals surface area contributed by atoms with Crippen molar-refractivity contribution in [2.45, 2.75) is 31.2 Å². The van der Waals surface area contributed by atoms with Gasteiger partial charge in [0.2, 0.25) is 5.91 Å². The van der Waals surface area contributed by atoms with Crippen molar-refractivity contribution < 1.29 is 4.79 Å². The van der Waals surface area contributed by atoms with Gasteiger partial charge in [0.05, 0.1) is 0 Å². The molecule has 1 N–H and O–H groups in total. The Balaban J connectivity index is 1.83. The van der Waals surface area contributed by atoms with Crippen LogP contribution in [0.15, 0.2) is 53.0 Å². The fraction of sp³-hybridized carbons (Fsp3) is 0.350. The number of piperidine rings is 1. The first-order valence-electron chi connectivity index (χ1n) is 8.63. The lowest BCUT2D eigenvalue weighted by molar-refractivity contribution is -0.122. The Kier molecular flexibility index (Phi) is 4.42. The molecule has 4 rings (SSSR count). The fourth-order valence-electron chi connectivity index (χ4n) is 4.03. The molecule has 3 nitrogen and oxygen atoms in total. The lowest BCUT2D eigenvalue weighted by atomic mass is 9.80. The molecule has 0 bridgehead atoms. The van der Waals surface area contributed by atoms with Crippen molar-refractivity contribution >= 4 is 27.5 Å². The predicted octanol–water partition coefficient (Wildman–Crippen LogP) is 4.39. The van der Waals surface area contributed by atoms with Gasteiger partial charge in [0.25, 0.3) is 0 Å². The van der Waals surface area contributed by atoms with Gasteiger partial charge in [-0.1, -0.05) is 52.7 Å². The number of hydrogen-bond acceptors (Lipinski definition) is 2. The maximum absolute atomic E-state index is 13.0. The Hall–Kier alpha value is -1.65. The Labute approximate surface area is 151 Å². The highest BCUT2D eigenvalue weighted by molar-refractivity contribution is 9.10. The molecule has 0 aromatic heterocycles. The maximum atomic E-state index is 13.0. The highest BCUT2D eigenvalue weighted by atomic mass is 79.9. The van der Waals surface area contributed by atoms with E-state index in [2.05, 4.69) is 56.5 Å². The molecule has 0 radical (unpaired) electrons. The van der Waals surface area contributed by atoms with E-state index in [0.717, 1.165) is 23.2 Å². The number of fused-ring (bicyclic) bond motifs is 1. The van der Waals surface area contributed by atoms with Gasteiger partial charge in [0.15, 0.2) is 0 Å². The minimum absolute atomic E-state index is 0.0746. The van der Waals surface area contributed by atoms with Crippen LogP contribution in [0.3, 0.4) is 0 Å². The third kappa shape index (κ3) is 2.89. The number of hydrogen-bond donors (Lipinski definition) is 1. The summed E-state index contributed by atoms with van der Waals surface area (Å²) in [5, 5.41) is 3.13. The summed E-state index contributed by atoms with van der Waals surface area (Å²) in [5.74, 6) is 0.200. The van der Waals surface area contributed by atoms with Crippen molar-refractivity contribution in [3.05, 3.63) is 64.1 Å². The smallest absolute Gasteiger partial charge is 0.242 e. The average molecular weight is 385 g/mol. The SMILES string of the molecule is O=C1Nc2ccc(Br)cc2[C@@H](c2ccccc2)[C@H]1N1CCCCC1. The van der Waals surface area contributed by atoms with Gasteiger partial charge in [0, 0.05) is 16.1 Å². The summed E-state index contributed by atoms with van der Waals surface area (Å²) in [6, 6.07) is 16.5. The lowest BCUT2D eigenvalue weighted by Gasteiger charge is -2.41. The molecule has 2 aromatic rings. The summed E-state index contributed by atoms with van der Waals surface area (Å²) in [5.41, 5.74) is 3.35. The Bertz CT molecular complexity index is 741. The van der Waals surface area contributed by atoms with E-state index in [4.69, 9.17) is 0 Å². The summed E-state index contributed by atoms with van der Waals surface area (Å²) in [4.78, 5) is 15.3. The summed E-state index contributed by atoms with van der Waals surface area (Å²) in [6.07, 6.45) is 3.62. The molecular weight excluding hydrogens is 364 g/mol. The molecule has 1 saturated heterocycles. The minimum Gasteiger partial charge on any atom is -0.324 e. The highest BCUT2D eigenvalue weighted by Gasteiger charge is 2.40. The average Bonchev–Trinajstić information content (AvgIpc) is 2.62. The first-order valence-corrected chi connectivity index (χ1v) is 9.42. The summed E-state index contributed by atoms with van der Waals surface area (Å²) < 4.78 is 1.05. The van der Waals surface area contributed by atoms with Crippen LogP contribution in [0.1, 0.15) is 36.3 Å². The number of nitrogens with zero attached hydrogens (tertiary/aromatic N) is 1. The van der Waals surface area contributed by atoms with Gasteiger partial charge in [-0.05, 0) is 55.3 Å². The third-order valence-corrected chi connectivity index (χ3v) is 5.63. The van der Waals surface area contributed by atoms with Crippen LogP contribution in [-0.4, -0.2) is 29.9 Å². The van der Waals surface area contributed by atoms with E-state index in [1.165, 1.54) is 30.4 Å². The molecule has 24 heavy (non-hydrogen) atoms. The zero-order valence-electron chi connectivity index (χ0n) is 13.5. The fourth-order valence-corrected chi connectivity index (χ4v) is 4.41. The molecular formula is C20H21BrN2O. The molecule has 1 fully saturated rings. The second kappa shape index (κ2) is 6.69. The van der Waals surface area contributed by atoms with Gasteiger partial charge in [-0.2, -0.15) is 0 Å². The van der Waals surface area contributed by atoms with Gasteiger partial charge in [-0.25, -0.2) is 0 Å². The molecule has 1 amide bonds. The predicted molar refractivity (Wildman–Crippen MR) is 100 cm³/mol. The van der Waals surface area contributed by atoms with E-state index in [1.807, 2.05) is 18.2 Å². The van der Waals surface area contributed by atoms with Gasteiger partial charge in [-0.15, -0.1) is 0 Å². The van der Waals surface area contributed by atoms with E-state index < -0.39 is 0 Å². The molecule has 0 unspecified atom stereocenters. The molecule has 2 aliphatic heterocycles. The van der Waals surface area contributed by atoms with E-state index in [0.29, 0.717) is 0 Å². The second-order valence-corrected chi connectivity index (χ2v) is 7.57. The molecule has 0 spiro atoms. The first-order chi connectivity index (χ1) is 11.7. The lowest BCUT2D eigenvalue weighted by Crippen LogP contribution is -2.52. The summed E-state index contributed by atoms with van der Waals surface area (Å²) >= 11 is 3.60. The van der Waals surface area contributed by atoms with Gasteiger partial charge in [0.1, 0.15) is 6.04 Å². The minimum atomic E-state index is -0.130. The second-order valence-electron chi connectivity index (χ2n) is 6.65. The van der Waals surface area contributed by atoms with Crippen LogP contribution >= 0.6 is 15.9 Å². The number of likely N-dealkylation sites (tertiary alicyclic amines) is 1. The van der Waals surface area contributed by atoms with Crippen molar-refractivity contribution in [2.75, 3.05) is 18.4 Å². The van der Waals surface area contributed by atoms with Crippen molar-refractivity contribution in [3.63, 3.8) is 0 Å². The summed E-state index contributed by atoms with van der Waals surface area (Å²) in [6.45, 7) is 2.01. The van der Waals surface area contributed by atoms with Gasteiger partial charge >= 0.3 is 0 Å². The normalized spacial score (nSPS) is 24.3. The van der Waals surface area contributed by atoms with Crippen molar-refractivity contribution in [2.24, 2.45) is 0 Å². The number of amides is 1. The zero-order valence-corrected chi connectivity index (χ0v) is 15.1. The third-order valence-electron chi connectivity index (χ3n) is 5.13. The standard InChI is InChI=1S/C20H21BrN2O/c21-15-9-10-17-16(13-15)18(14-7-3-1-4-8-14)19(20(24)22-17)23-11-5-2-6-12-23/h1,3-4,7-10,13,18-19H,2,5-6,11-12H2,(H,22,24)/t18-,19-/m1/s1. The molecule has 2 aliphatic rings. The van der Waals surface area contributed by atoms with Gasteiger partial charge in [-0.3, -0.25) is 9.69 Å². The molecule has 4 heteroatoms. The highest BCUT2D eigenvalue weighted by Crippen LogP contribution is 2.41. The Morgan fingerprint density at radius 1 is 1.00 bits per heavy atom. The summed E-state index contributed by atoms with van der Waals surface area (Å²) in [7, 11) is 0. The Morgan fingerprint density at radius 3 is 2.50 bits per heavy atom. The monoisotopic (exact) mass is 384 g/mol. The van der Waals surface area contributed by atoms with Gasteiger partial charge < -0.3 is 5.32 Å². The molecule has 2 aromatic carbocycles. The number of nitrogens with one attached hydrogen (secondary N) is 1. The van der Waals surface area contributed by atoms with Crippen LogP contribution < -0.4 is 5.32 Å². The van der Waals surface area contributed by atoms with Crippen LogP contribution in [0, 0.1) is 0 Å². The number of halogens is 1. The van der Waals surface area contributed by atoms with Crippen LogP contribution in [-0.2, 0) is 4.79 Å². The number of benzene rings is 2. The van der Waals surface area contributed by atoms with Crippen molar-refractivity contribution in [3.8, 4) is 0 Å². The van der Waals surface area contributed by atoms with Crippen LogP contribution in [0.2, 0.25) is 0 Å². The molecule has 0 saturated carbocycles. The first kappa shape index (κ1) is 15.9. The van der Waals surface area contributed by atoms with Crippen LogP contribution in [0.5, 0.6) is 0 Å². The number of carbonyl (C=O) groups is 1. The molecule has 124 valence electrons. The van der Waals surface area contributed by atoms with Crippen molar-refractivity contribution in [1.29, 1.82) is 0 Å². The van der Waals surface area contributed by atoms with E-state index in [9.17, 15) is 4.79 Å². The largest absolute Gasteiger partial charge is 0.324 e. The number of anilines is 1. The molecule has 2 heterocycles. The van der Waals surface area contributed by atoms with E-state index in [-0.39, 0.29) is 17.9 Å². The van der Waals surface area contributed by atoms with Crippen molar-refractivity contribution in [1.82, 2.24) is 4.90 Å². The van der Waals surface area contributed by atoms with E-state index in [1.54, 1.807) is 0 Å². The molecule has 2 atom stereocenters. The van der Waals surface area contributed by atoms with Crippen LogP contribution in [0.25, 0.3) is 0 Å². The maximum Gasteiger partial charge on any atom is 0.242 e. The zero-order chi connectivity index (χ0) is 16.5. The number of carbonyl (C=O) groups excluding carboxylic acids is 1.